The van der Waals surface area contributed by atoms with Crippen LogP contribution in [0.4, 0.5) is 0 Å². The first-order valence-electron chi connectivity index (χ1n) is 6.44. The third-order valence-electron chi connectivity index (χ3n) is 2.92. The minimum absolute atomic E-state index is 0.336. The fourth-order valence-corrected chi connectivity index (χ4v) is 1.20. The lowest BCUT2D eigenvalue weighted by atomic mass is 9.91. The van der Waals surface area contributed by atoms with Crippen molar-refractivity contribution in [2.45, 2.75) is 54.3 Å². The van der Waals surface area contributed by atoms with Gasteiger partial charge in [0.1, 0.15) is 0 Å². The van der Waals surface area contributed by atoms with Crippen LogP contribution < -0.4 is 0 Å². The number of hydrogen-bond donors (Lipinski definition) is 0. The molecular formula is C14H26O5. The van der Waals surface area contributed by atoms with Gasteiger partial charge in [-0.05, 0) is 20.3 Å². The van der Waals surface area contributed by atoms with Gasteiger partial charge in [-0.1, -0.05) is 27.7 Å². The molecule has 0 aliphatic carbocycles. The molecule has 0 aromatic carbocycles. The highest BCUT2D eigenvalue weighted by molar-refractivity contribution is 5.79. The van der Waals surface area contributed by atoms with E-state index in [0.29, 0.717) is 6.42 Å². The Balaban J connectivity index is 4.31. The van der Waals surface area contributed by atoms with E-state index in [1.807, 2.05) is 27.7 Å². The van der Waals surface area contributed by atoms with Gasteiger partial charge < -0.3 is 14.2 Å². The summed E-state index contributed by atoms with van der Waals surface area (Å²) in [5, 5.41) is 0. The van der Waals surface area contributed by atoms with Gasteiger partial charge in [-0.15, -0.1) is 0 Å². The highest BCUT2D eigenvalue weighted by Crippen LogP contribution is 2.23. The maximum Gasteiger partial charge on any atom is 0.346 e. The first-order valence-corrected chi connectivity index (χ1v) is 6.44. The summed E-state index contributed by atoms with van der Waals surface area (Å²) in [6.07, 6.45) is -0.0262. The molecular weight excluding hydrogens is 248 g/mol. The van der Waals surface area contributed by atoms with Gasteiger partial charge in [0.2, 0.25) is 6.29 Å². The van der Waals surface area contributed by atoms with Crippen molar-refractivity contribution in [3.8, 4) is 0 Å². The highest BCUT2D eigenvalue weighted by Gasteiger charge is 2.30. The minimum atomic E-state index is -0.669. The van der Waals surface area contributed by atoms with Crippen LogP contribution in [0.2, 0.25) is 0 Å². The van der Waals surface area contributed by atoms with E-state index < -0.39 is 30.3 Å². The van der Waals surface area contributed by atoms with Crippen molar-refractivity contribution < 1.29 is 23.8 Å². The van der Waals surface area contributed by atoms with Gasteiger partial charge in [-0.25, -0.2) is 4.79 Å². The van der Waals surface area contributed by atoms with Gasteiger partial charge in [-0.3, -0.25) is 4.79 Å². The Morgan fingerprint density at radius 3 is 2.00 bits per heavy atom. The number of hydrogen-bond acceptors (Lipinski definition) is 5. The van der Waals surface area contributed by atoms with E-state index in [1.165, 1.54) is 7.11 Å². The molecule has 1 atom stereocenters. The zero-order valence-corrected chi connectivity index (χ0v) is 13.0. The largest absolute Gasteiger partial charge is 0.453 e. The molecule has 0 amide bonds. The summed E-state index contributed by atoms with van der Waals surface area (Å²) in [4.78, 5) is 23.3. The third kappa shape index (κ3) is 6.05. The van der Waals surface area contributed by atoms with Crippen LogP contribution in [0.15, 0.2) is 0 Å². The molecule has 112 valence electrons. The number of carbonyl (C=O) groups is 2. The number of methoxy groups -OCH3 is 1. The standard InChI is InChI=1S/C14H26O5/c1-8-14(5,6)11(16)18-9-10(15)19-12(17-7)13(2,3)4/h12H,8-9H2,1-7H3. The van der Waals surface area contributed by atoms with E-state index in [2.05, 4.69) is 0 Å². The van der Waals surface area contributed by atoms with Crippen LogP contribution in [0.3, 0.4) is 0 Å². The van der Waals surface area contributed by atoms with Gasteiger partial charge in [0.15, 0.2) is 6.61 Å². The molecule has 5 nitrogen and oxygen atoms in total. The van der Waals surface area contributed by atoms with Crippen LogP contribution in [0.25, 0.3) is 0 Å². The van der Waals surface area contributed by atoms with Crippen molar-refractivity contribution in [1.29, 1.82) is 0 Å². The molecule has 0 saturated carbocycles. The monoisotopic (exact) mass is 274 g/mol. The minimum Gasteiger partial charge on any atom is -0.453 e. The van der Waals surface area contributed by atoms with Gasteiger partial charge >= 0.3 is 11.9 Å². The Morgan fingerprint density at radius 2 is 1.63 bits per heavy atom. The van der Waals surface area contributed by atoms with Crippen LogP contribution in [-0.4, -0.2) is 31.9 Å². The Kier molecular flexibility index (Phi) is 6.49. The smallest absolute Gasteiger partial charge is 0.346 e. The molecule has 0 rings (SSSR count). The molecule has 0 spiro atoms. The molecule has 0 aliphatic heterocycles. The highest BCUT2D eigenvalue weighted by atomic mass is 16.7. The number of rotatable bonds is 6. The summed E-state index contributed by atoms with van der Waals surface area (Å²) in [5.41, 5.74) is -0.928. The molecule has 0 bridgehead atoms. The topological polar surface area (TPSA) is 61.8 Å². The predicted molar refractivity (Wildman–Crippen MR) is 71.4 cm³/mol. The summed E-state index contributed by atoms with van der Waals surface area (Å²) < 4.78 is 15.2. The quantitative estimate of drug-likeness (QED) is 0.550. The van der Waals surface area contributed by atoms with Crippen molar-refractivity contribution in [3.63, 3.8) is 0 Å². The molecule has 1 unspecified atom stereocenters. The number of ether oxygens (including phenoxy) is 3. The van der Waals surface area contributed by atoms with E-state index in [0.717, 1.165) is 0 Å². The third-order valence-corrected chi connectivity index (χ3v) is 2.92. The molecule has 0 fully saturated rings. The number of esters is 2. The van der Waals surface area contributed by atoms with Crippen molar-refractivity contribution in [2.24, 2.45) is 10.8 Å². The Morgan fingerprint density at radius 1 is 1.11 bits per heavy atom. The van der Waals surface area contributed by atoms with Crippen LogP contribution in [0, 0.1) is 10.8 Å². The number of carbonyl (C=O) groups excluding carboxylic acids is 2. The second kappa shape index (κ2) is 6.89. The summed E-state index contributed by atoms with van der Waals surface area (Å²) in [5.74, 6) is -1.02. The maximum absolute atomic E-state index is 11.7. The predicted octanol–water partition coefficient (Wildman–Crippen LogP) is 2.53. The first-order chi connectivity index (χ1) is 8.54. The first kappa shape index (κ1) is 17.9. The molecule has 0 aromatic rings. The molecule has 0 saturated heterocycles. The van der Waals surface area contributed by atoms with Gasteiger partial charge in [0, 0.05) is 12.5 Å². The normalized spacial score (nSPS) is 13.8. The van der Waals surface area contributed by atoms with E-state index in [1.54, 1.807) is 13.8 Å². The van der Waals surface area contributed by atoms with Crippen LogP contribution in [-0.2, 0) is 23.8 Å². The average Bonchev–Trinajstić information content (AvgIpc) is 2.31. The molecule has 0 aromatic heterocycles. The van der Waals surface area contributed by atoms with Crippen molar-refractivity contribution in [1.82, 2.24) is 0 Å². The molecule has 5 heteroatoms. The van der Waals surface area contributed by atoms with E-state index in [9.17, 15) is 9.59 Å². The summed E-state index contributed by atoms with van der Waals surface area (Å²) >= 11 is 0. The zero-order valence-electron chi connectivity index (χ0n) is 13.0. The fraction of sp³-hybridized carbons (Fsp3) is 0.857. The SMILES string of the molecule is CCC(C)(C)C(=O)OCC(=O)OC(OC)C(C)(C)C. The van der Waals surface area contributed by atoms with Crippen molar-refractivity contribution >= 4 is 11.9 Å². The van der Waals surface area contributed by atoms with Gasteiger partial charge in [-0.2, -0.15) is 0 Å². The summed E-state index contributed by atoms with van der Waals surface area (Å²) in [7, 11) is 1.47. The molecule has 19 heavy (non-hydrogen) atoms. The Labute approximate surface area is 115 Å². The lowest BCUT2D eigenvalue weighted by Crippen LogP contribution is -2.35. The Bertz CT molecular complexity index is 314. The lowest BCUT2D eigenvalue weighted by Gasteiger charge is -2.28. The zero-order chi connectivity index (χ0) is 15.3. The average molecular weight is 274 g/mol. The van der Waals surface area contributed by atoms with E-state index in [4.69, 9.17) is 14.2 Å². The lowest BCUT2D eigenvalue weighted by molar-refractivity contribution is -0.201. The van der Waals surface area contributed by atoms with Gasteiger partial charge in [0.05, 0.1) is 5.41 Å². The van der Waals surface area contributed by atoms with Crippen molar-refractivity contribution in [3.05, 3.63) is 0 Å². The van der Waals surface area contributed by atoms with Crippen molar-refractivity contribution in [2.75, 3.05) is 13.7 Å². The van der Waals surface area contributed by atoms with Crippen LogP contribution >= 0.6 is 0 Å². The van der Waals surface area contributed by atoms with Crippen LogP contribution in [0.5, 0.6) is 0 Å². The van der Waals surface area contributed by atoms with E-state index >= 15 is 0 Å². The molecule has 0 aliphatic rings. The molecule has 0 N–H and O–H groups in total. The molecule has 0 heterocycles. The molecule has 0 radical (unpaired) electrons. The van der Waals surface area contributed by atoms with Gasteiger partial charge in [0.25, 0.3) is 0 Å². The maximum atomic E-state index is 11.7. The summed E-state index contributed by atoms with van der Waals surface area (Å²) in [6.45, 7) is 10.7. The van der Waals surface area contributed by atoms with E-state index in [-0.39, 0.29) is 5.41 Å². The second-order valence-electron chi connectivity index (χ2n) is 6.24. The summed E-state index contributed by atoms with van der Waals surface area (Å²) in [6, 6.07) is 0. The fourth-order valence-electron chi connectivity index (χ4n) is 1.20. The second-order valence-corrected chi connectivity index (χ2v) is 6.24. The van der Waals surface area contributed by atoms with Crippen LogP contribution in [0.1, 0.15) is 48.0 Å². The Hall–Kier alpha value is -1.10.